The van der Waals surface area contributed by atoms with Crippen molar-refractivity contribution in [3.8, 4) is 5.69 Å². The van der Waals surface area contributed by atoms with Crippen LogP contribution in [0.15, 0.2) is 36.9 Å². The van der Waals surface area contributed by atoms with Crippen LogP contribution < -0.4 is 0 Å². The third-order valence-electron chi connectivity index (χ3n) is 5.14. The lowest BCUT2D eigenvalue weighted by Gasteiger charge is -2.37. The van der Waals surface area contributed by atoms with Crippen molar-refractivity contribution >= 4 is 5.91 Å². The molecule has 0 N–H and O–H groups in total. The fourth-order valence-electron chi connectivity index (χ4n) is 3.90. The minimum Gasteiger partial charge on any atom is -0.337 e. The third kappa shape index (κ3) is 2.94. The van der Waals surface area contributed by atoms with E-state index < -0.39 is 0 Å². The van der Waals surface area contributed by atoms with Crippen LogP contribution in [0, 0.1) is 0 Å². The summed E-state index contributed by atoms with van der Waals surface area (Å²) in [7, 11) is 0. The first-order valence-electron chi connectivity index (χ1n) is 8.80. The van der Waals surface area contributed by atoms with E-state index in [0.29, 0.717) is 11.6 Å². The maximum absolute atomic E-state index is 13.1. The molecule has 3 heterocycles. The molecule has 0 aliphatic carbocycles. The Morgan fingerprint density at radius 2 is 1.92 bits per heavy atom. The largest absolute Gasteiger partial charge is 0.337 e. The van der Waals surface area contributed by atoms with Crippen molar-refractivity contribution in [1.82, 2.24) is 24.6 Å². The second kappa shape index (κ2) is 6.73. The molecule has 2 aliphatic heterocycles. The van der Waals surface area contributed by atoms with Crippen LogP contribution in [0.3, 0.4) is 0 Å². The minimum absolute atomic E-state index is 0.102. The molecule has 2 saturated heterocycles. The molecule has 2 aromatic rings. The Bertz CT molecular complexity index is 693. The lowest BCUT2D eigenvalue weighted by molar-refractivity contribution is 0.0608. The quantitative estimate of drug-likeness (QED) is 0.866. The van der Waals surface area contributed by atoms with Gasteiger partial charge in [0.2, 0.25) is 0 Å². The van der Waals surface area contributed by atoms with Gasteiger partial charge in [-0.3, -0.25) is 9.69 Å². The Labute approximate surface area is 142 Å². The van der Waals surface area contributed by atoms with E-state index in [9.17, 15) is 4.79 Å². The molecule has 1 aromatic heterocycles. The zero-order chi connectivity index (χ0) is 16.4. The van der Waals surface area contributed by atoms with Gasteiger partial charge in [-0.25, -0.2) is 9.67 Å². The molecule has 0 radical (unpaired) electrons. The highest BCUT2D eigenvalue weighted by atomic mass is 16.2. The summed E-state index contributed by atoms with van der Waals surface area (Å²) in [6, 6.07) is 8.17. The van der Waals surface area contributed by atoms with Crippen molar-refractivity contribution in [2.45, 2.75) is 31.7 Å². The number of para-hydroxylation sites is 1. The molecular weight excluding hydrogens is 302 g/mol. The van der Waals surface area contributed by atoms with Gasteiger partial charge < -0.3 is 4.90 Å². The van der Waals surface area contributed by atoms with Crippen LogP contribution in [0.2, 0.25) is 0 Å². The predicted molar refractivity (Wildman–Crippen MR) is 91.1 cm³/mol. The lowest BCUT2D eigenvalue weighted by Crippen LogP contribution is -2.49. The number of benzene rings is 1. The van der Waals surface area contributed by atoms with Gasteiger partial charge in [0.25, 0.3) is 5.91 Å². The molecule has 24 heavy (non-hydrogen) atoms. The van der Waals surface area contributed by atoms with Crippen LogP contribution in [-0.2, 0) is 0 Å². The zero-order valence-electron chi connectivity index (χ0n) is 13.8. The molecule has 2 aliphatic rings. The number of rotatable bonds is 3. The standard InChI is InChI=1S/C18H23N5O/c24-18(16-7-1-2-8-17(16)23-14-19-13-20-23)22-11-5-6-15(12-22)21-9-3-4-10-21/h1-2,7-8,13-15H,3-6,9-12H2. The molecule has 4 rings (SSSR count). The topological polar surface area (TPSA) is 54.3 Å². The molecule has 1 unspecified atom stereocenters. The summed E-state index contributed by atoms with van der Waals surface area (Å²) >= 11 is 0. The van der Waals surface area contributed by atoms with Crippen LogP contribution in [0.4, 0.5) is 0 Å². The first kappa shape index (κ1) is 15.3. The van der Waals surface area contributed by atoms with Gasteiger partial charge in [-0.2, -0.15) is 5.10 Å². The van der Waals surface area contributed by atoms with Crippen molar-refractivity contribution < 1.29 is 4.79 Å². The number of hydrogen-bond acceptors (Lipinski definition) is 4. The summed E-state index contributed by atoms with van der Waals surface area (Å²) in [5, 5.41) is 4.18. The van der Waals surface area contributed by atoms with Crippen molar-refractivity contribution in [2.24, 2.45) is 0 Å². The van der Waals surface area contributed by atoms with Gasteiger partial charge in [-0.15, -0.1) is 0 Å². The average molecular weight is 325 g/mol. The SMILES string of the molecule is O=C(c1ccccc1-n1cncn1)N1CCCC(N2CCCC2)C1. The van der Waals surface area contributed by atoms with E-state index in [1.54, 1.807) is 11.0 Å². The summed E-state index contributed by atoms with van der Waals surface area (Å²) in [6.45, 7) is 4.05. The van der Waals surface area contributed by atoms with E-state index in [0.717, 1.165) is 25.2 Å². The Morgan fingerprint density at radius 1 is 1.08 bits per heavy atom. The molecule has 126 valence electrons. The fraction of sp³-hybridized carbons (Fsp3) is 0.500. The van der Waals surface area contributed by atoms with Gasteiger partial charge in [-0.05, 0) is 50.9 Å². The van der Waals surface area contributed by atoms with Crippen LogP contribution in [0.25, 0.3) is 5.69 Å². The van der Waals surface area contributed by atoms with Crippen LogP contribution in [-0.4, -0.2) is 62.7 Å². The Balaban J connectivity index is 1.55. The molecule has 0 saturated carbocycles. The maximum atomic E-state index is 13.1. The minimum atomic E-state index is 0.102. The summed E-state index contributed by atoms with van der Waals surface area (Å²) in [4.78, 5) is 21.7. The fourth-order valence-corrected chi connectivity index (χ4v) is 3.90. The summed E-state index contributed by atoms with van der Waals surface area (Å²) in [6.07, 6.45) is 7.99. The van der Waals surface area contributed by atoms with Crippen molar-refractivity contribution in [3.05, 3.63) is 42.5 Å². The molecular formula is C18H23N5O. The van der Waals surface area contributed by atoms with Gasteiger partial charge in [-0.1, -0.05) is 12.1 Å². The molecule has 0 spiro atoms. The smallest absolute Gasteiger partial charge is 0.256 e. The van der Waals surface area contributed by atoms with Crippen molar-refractivity contribution in [3.63, 3.8) is 0 Å². The molecule has 1 aromatic carbocycles. The first-order chi connectivity index (χ1) is 11.8. The third-order valence-corrected chi connectivity index (χ3v) is 5.14. The Morgan fingerprint density at radius 3 is 2.71 bits per heavy atom. The molecule has 6 nitrogen and oxygen atoms in total. The monoisotopic (exact) mass is 325 g/mol. The average Bonchev–Trinajstić information content (AvgIpc) is 3.35. The van der Waals surface area contributed by atoms with E-state index in [2.05, 4.69) is 15.0 Å². The van der Waals surface area contributed by atoms with E-state index >= 15 is 0 Å². The number of hydrogen-bond donors (Lipinski definition) is 0. The Kier molecular flexibility index (Phi) is 4.30. The lowest BCUT2D eigenvalue weighted by atomic mass is 10.0. The number of piperidine rings is 1. The highest BCUT2D eigenvalue weighted by Gasteiger charge is 2.30. The van der Waals surface area contributed by atoms with Crippen LogP contribution in [0.5, 0.6) is 0 Å². The van der Waals surface area contributed by atoms with E-state index in [4.69, 9.17) is 0 Å². The van der Waals surface area contributed by atoms with Gasteiger partial charge in [0, 0.05) is 19.1 Å². The maximum Gasteiger partial charge on any atom is 0.256 e. The second-order valence-corrected chi connectivity index (χ2v) is 6.65. The van der Waals surface area contributed by atoms with Gasteiger partial charge in [0.05, 0.1) is 11.3 Å². The number of likely N-dealkylation sites (tertiary alicyclic amines) is 2. The number of nitrogens with zero attached hydrogens (tertiary/aromatic N) is 5. The highest BCUT2D eigenvalue weighted by molar-refractivity contribution is 5.97. The van der Waals surface area contributed by atoms with Gasteiger partial charge in [0.15, 0.2) is 0 Å². The predicted octanol–water partition coefficient (Wildman–Crippen LogP) is 1.97. The number of amides is 1. The molecule has 0 bridgehead atoms. The summed E-state index contributed by atoms with van der Waals surface area (Å²) in [5.74, 6) is 0.102. The van der Waals surface area contributed by atoms with E-state index in [1.807, 2.05) is 29.2 Å². The number of aromatic nitrogens is 3. The molecule has 1 amide bonds. The van der Waals surface area contributed by atoms with Crippen molar-refractivity contribution in [2.75, 3.05) is 26.2 Å². The van der Waals surface area contributed by atoms with Gasteiger partial charge in [0.1, 0.15) is 12.7 Å². The van der Waals surface area contributed by atoms with E-state index in [1.165, 1.54) is 38.7 Å². The summed E-state index contributed by atoms with van der Waals surface area (Å²) < 4.78 is 1.66. The van der Waals surface area contributed by atoms with Crippen molar-refractivity contribution in [1.29, 1.82) is 0 Å². The highest BCUT2D eigenvalue weighted by Crippen LogP contribution is 2.23. The Hall–Kier alpha value is -2.21. The molecule has 2 fully saturated rings. The molecule has 6 heteroatoms. The van der Waals surface area contributed by atoms with E-state index in [-0.39, 0.29) is 5.91 Å². The van der Waals surface area contributed by atoms with Crippen LogP contribution >= 0.6 is 0 Å². The zero-order valence-corrected chi connectivity index (χ0v) is 13.8. The number of carbonyl (C=O) groups is 1. The normalized spacial score (nSPS) is 22.0. The number of carbonyl (C=O) groups excluding carboxylic acids is 1. The summed E-state index contributed by atoms with van der Waals surface area (Å²) in [5.41, 5.74) is 1.49. The first-order valence-corrected chi connectivity index (χ1v) is 8.80. The second-order valence-electron chi connectivity index (χ2n) is 6.65. The molecule has 1 atom stereocenters. The van der Waals surface area contributed by atoms with Crippen LogP contribution in [0.1, 0.15) is 36.0 Å². The van der Waals surface area contributed by atoms with Gasteiger partial charge >= 0.3 is 0 Å².